The van der Waals surface area contributed by atoms with E-state index in [1.807, 2.05) is 32.0 Å². The number of aromatic nitrogens is 3. The summed E-state index contributed by atoms with van der Waals surface area (Å²) in [5.41, 5.74) is 3.12. The molecular formula is C20H23N5O2S. The summed E-state index contributed by atoms with van der Waals surface area (Å²) >= 11 is 1.37. The Kier molecular flexibility index (Phi) is 5.13. The maximum absolute atomic E-state index is 12.8. The first-order chi connectivity index (χ1) is 13.5. The Morgan fingerprint density at radius 2 is 2.00 bits per heavy atom. The fraction of sp³-hybridized carbons (Fsp3) is 0.400. The number of hydrogen-bond donors (Lipinski definition) is 1. The number of nitrogens with one attached hydrogen (secondary N) is 1. The standard InChI is InChI=1S/C20H23N5O2S/c1-13-7-6-8-15(14(13)2)22-16(26)11-25-12-21-18-17(19(25)27)28-20(23-18)24-9-4-3-5-10-24/h6-8,12H,3-5,9-11H2,1-2H3,(H,22,26). The largest absolute Gasteiger partial charge is 0.348 e. The lowest BCUT2D eigenvalue weighted by Crippen LogP contribution is -2.29. The van der Waals surface area contributed by atoms with Gasteiger partial charge in [-0.05, 0) is 50.3 Å². The van der Waals surface area contributed by atoms with Crippen molar-refractivity contribution in [3.05, 3.63) is 46.0 Å². The Labute approximate surface area is 167 Å². The third kappa shape index (κ3) is 3.64. The van der Waals surface area contributed by atoms with E-state index in [4.69, 9.17) is 0 Å². The van der Waals surface area contributed by atoms with E-state index in [9.17, 15) is 9.59 Å². The Bertz CT molecular complexity index is 1080. The number of rotatable bonds is 4. The number of carbonyl (C=O) groups is 1. The molecule has 2 aromatic heterocycles. The third-order valence-electron chi connectivity index (χ3n) is 5.19. The minimum Gasteiger partial charge on any atom is -0.348 e. The van der Waals surface area contributed by atoms with Gasteiger partial charge in [0.05, 0.1) is 0 Å². The van der Waals surface area contributed by atoms with Gasteiger partial charge >= 0.3 is 0 Å². The van der Waals surface area contributed by atoms with Crippen LogP contribution in [0.25, 0.3) is 10.3 Å². The predicted octanol–water partition coefficient (Wildman–Crippen LogP) is 3.10. The van der Waals surface area contributed by atoms with Gasteiger partial charge in [-0.1, -0.05) is 23.5 Å². The minimum absolute atomic E-state index is 0.0773. The highest BCUT2D eigenvalue weighted by atomic mass is 32.1. The Morgan fingerprint density at radius 3 is 2.79 bits per heavy atom. The molecular weight excluding hydrogens is 374 g/mol. The van der Waals surface area contributed by atoms with Crippen LogP contribution < -0.4 is 15.8 Å². The number of nitrogens with zero attached hydrogens (tertiary/aromatic N) is 4. The van der Waals surface area contributed by atoms with Gasteiger partial charge in [-0.2, -0.15) is 4.98 Å². The van der Waals surface area contributed by atoms with E-state index in [1.165, 1.54) is 28.7 Å². The molecule has 146 valence electrons. The van der Waals surface area contributed by atoms with Gasteiger partial charge in [-0.3, -0.25) is 14.2 Å². The number of aryl methyl sites for hydroxylation is 1. The number of amides is 1. The van der Waals surface area contributed by atoms with Crippen molar-refractivity contribution in [2.75, 3.05) is 23.3 Å². The summed E-state index contributed by atoms with van der Waals surface area (Å²) < 4.78 is 1.85. The van der Waals surface area contributed by atoms with Crippen molar-refractivity contribution in [2.24, 2.45) is 0 Å². The highest BCUT2D eigenvalue weighted by Crippen LogP contribution is 2.27. The lowest BCUT2D eigenvalue weighted by Gasteiger charge is -2.25. The van der Waals surface area contributed by atoms with Crippen molar-refractivity contribution in [3.8, 4) is 0 Å². The van der Waals surface area contributed by atoms with Crippen LogP contribution in [0.4, 0.5) is 10.8 Å². The molecule has 0 aliphatic carbocycles. The molecule has 0 spiro atoms. The molecule has 1 saturated heterocycles. The molecule has 8 heteroatoms. The summed E-state index contributed by atoms with van der Waals surface area (Å²) in [5.74, 6) is -0.252. The van der Waals surface area contributed by atoms with E-state index in [0.29, 0.717) is 10.3 Å². The van der Waals surface area contributed by atoms with Crippen molar-refractivity contribution < 1.29 is 4.79 Å². The molecule has 1 aliphatic heterocycles. The topological polar surface area (TPSA) is 80.1 Å². The molecule has 1 amide bonds. The molecule has 0 radical (unpaired) electrons. The first kappa shape index (κ1) is 18.6. The second-order valence-electron chi connectivity index (χ2n) is 7.17. The highest BCUT2D eigenvalue weighted by molar-refractivity contribution is 7.22. The molecule has 4 rings (SSSR count). The minimum atomic E-state index is -0.252. The van der Waals surface area contributed by atoms with Crippen LogP contribution >= 0.6 is 11.3 Å². The quantitative estimate of drug-likeness (QED) is 0.732. The summed E-state index contributed by atoms with van der Waals surface area (Å²) in [6, 6.07) is 5.76. The fourth-order valence-corrected chi connectivity index (χ4v) is 4.42. The Balaban J connectivity index is 1.55. The zero-order chi connectivity index (χ0) is 19.7. The van der Waals surface area contributed by atoms with Gasteiger partial charge in [0.1, 0.15) is 17.6 Å². The third-order valence-corrected chi connectivity index (χ3v) is 6.29. The summed E-state index contributed by atoms with van der Waals surface area (Å²) in [5, 5.41) is 3.73. The first-order valence-electron chi connectivity index (χ1n) is 9.50. The van der Waals surface area contributed by atoms with Crippen molar-refractivity contribution in [2.45, 2.75) is 39.7 Å². The predicted molar refractivity (Wildman–Crippen MR) is 112 cm³/mol. The maximum Gasteiger partial charge on any atom is 0.273 e. The molecule has 0 bridgehead atoms. The molecule has 0 atom stereocenters. The summed E-state index contributed by atoms with van der Waals surface area (Å²) in [6.07, 6.45) is 4.94. The SMILES string of the molecule is Cc1cccc(NC(=O)Cn2cnc3nc(N4CCCCC4)sc3c2=O)c1C. The van der Waals surface area contributed by atoms with Crippen LogP contribution in [0.5, 0.6) is 0 Å². The number of hydrogen-bond acceptors (Lipinski definition) is 6. The number of carbonyl (C=O) groups excluding carboxylic acids is 1. The van der Waals surface area contributed by atoms with Crippen LogP contribution in [-0.4, -0.2) is 33.5 Å². The normalized spacial score (nSPS) is 14.4. The molecule has 3 heterocycles. The van der Waals surface area contributed by atoms with Crippen LogP contribution in [0.15, 0.2) is 29.3 Å². The van der Waals surface area contributed by atoms with E-state index < -0.39 is 0 Å². The monoisotopic (exact) mass is 397 g/mol. The molecule has 3 aromatic rings. The van der Waals surface area contributed by atoms with Crippen LogP contribution in [0.2, 0.25) is 0 Å². The van der Waals surface area contributed by atoms with Crippen molar-refractivity contribution >= 4 is 38.4 Å². The van der Waals surface area contributed by atoms with E-state index in [2.05, 4.69) is 20.2 Å². The maximum atomic E-state index is 12.8. The van der Waals surface area contributed by atoms with E-state index >= 15 is 0 Å². The zero-order valence-electron chi connectivity index (χ0n) is 16.1. The van der Waals surface area contributed by atoms with Gasteiger partial charge in [0.15, 0.2) is 10.8 Å². The van der Waals surface area contributed by atoms with Crippen LogP contribution in [0.1, 0.15) is 30.4 Å². The van der Waals surface area contributed by atoms with Crippen LogP contribution in [0, 0.1) is 13.8 Å². The number of piperidine rings is 1. The van der Waals surface area contributed by atoms with Crippen LogP contribution in [-0.2, 0) is 11.3 Å². The fourth-order valence-electron chi connectivity index (χ4n) is 3.40. The lowest BCUT2D eigenvalue weighted by atomic mass is 10.1. The average molecular weight is 398 g/mol. The number of benzene rings is 1. The molecule has 1 aliphatic rings. The van der Waals surface area contributed by atoms with Crippen molar-refractivity contribution in [1.29, 1.82) is 0 Å². The van der Waals surface area contributed by atoms with Gasteiger partial charge in [0, 0.05) is 18.8 Å². The van der Waals surface area contributed by atoms with E-state index in [0.717, 1.165) is 47.9 Å². The number of thiazole rings is 1. The molecule has 1 fully saturated rings. The highest BCUT2D eigenvalue weighted by Gasteiger charge is 2.18. The van der Waals surface area contributed by atoms with Gasteiger partial charge in [-0.25, -0.2) is 4.98 Å². The molecule has 1 N–H and O–H groups in total. The summed E-state index contributed by atoms with van der Waals surface area (Å²) in [6.45, 7) is 5.81. The molecule has 0 saturated carbocycles. The Hall–Kier alpha value is -2.74. The van der Waals surface area contributed by atoms with Gasteiger partial charge in [0.2, 0.25) is 5.91 Å². The molecule has 28 heavy (non-hydrogen) atoms. The molecule has 7 nitrogen and oxygen atoms in total. The van der Waals surface area contributed by atoms with Gasteiger partial charge in [-0.15, -0.1) is 0 Å². The van der Waals surface area contributed by atoms with Gasteiger partial charge < -0.3 is 10.2 Å². The smallest absolute Gasteiger partial charge is 0.273 e. The van der Waals surface area contributed by atoms with E-state index in [1.54, 1.807) is 0 Å². The molecule has 0 unspecified atom stereocenters. The lowest BCUT2D eigenvalue weighted by molar-refractivity contribution is -0.116. The van der Waals surface area contributed by atoms with Crippen molar-refractivity contribution in [3.63, 3.8) is 0 Å². The number of fused-ring (bicyclic) bond motifs is 1. The van der Waals surface area contributed by atoms with Crippen molar-refractivity contribution in [1.82, 2.24) is 14.5 Å². The summed E-state index contributed by atoms with van der Waals surface area (Å²) in [7, 11) is 0. The van der Waals surface area contributed by atoms with E-state index in [-0.39, 0.29) is 18.0 Å². The molecule has 1 aromatic carbocycles. The Morgan fingerprint density at radius 1 is 1.21 bits per heavy atom. The second kappa shape index (κ2) is 7.71. The van der Waals surface area contributed by atoms with Gasteiger partial charge in [0.25, 0.3) is 5.56 Å². The summed E-state index contributed by atoms with van der Waals surface area (Å²) in [4.78, 5) is 36.3. The second-order valence-corrected chi connectivity index (χ2v) is 8.15. The number of anilines is 2. The zero-order valence-corrected chi connectivity index (χ0v) is 16.9. The first-order valence-corrected chi connectivity index (χ1v) is 10.3. The van der Waals surface area contributed by atoms with Crippen LogP contribution in [0.3, 0.4) is 0 Å². The average Bonchev–Trinajstić information content (AvgIpc) is 3.14.